The Balaban J connectivity index is 3.24. The summed E-state index contributed by atoms with van der Waals surface area (Å²) in [5.74, 6) is -1.32. The highest BCUT2D eigenvalue weighted by Gasteiger charge is 1.97. The topological polar surface area (TPSA) is 73.0 Å². The Morgan fingerprint density at radius 2 is 2.25 bits per heavy atom. The van der Waals surface area contributed by atoms with Crippen LogP contribution in [0, 0.1) is 0 Å². The van der Waals surface area contributed by atoms with E-state index in [0.717, 1.165) is 6.07 Å². The molecule has 1 aromatic rings. The summed E-state index contributed by atoms with van der Waals surface area (Å²) in [6.45, 7) is 1.82. The summed E-state index contributed by atoms with van der Waals surface area (Å²) in [6, 6.07) is 2.41. The third-order valence-electron chi connectivity index (χ3n) is 1.52. The minimum absolute atomic E-state index is 0.0735. The third-order valence-corrected chi connectivity index (χ3v) is 1.52. The molecule has 0 radical (unpaired) electrons. The number of carbonyl (C=O) groups is 1. The second-order valence-corrected chi connectivity index (χ2v) is 2.40. The van der Waals surface area contributed by atoms with E-state index < -0.39 is 11.5 Å². The number of hydrogen-bond acceptors (Lipinski definition) is 3. The van der Waals surface area contributed by atoms with Gasteiger partial charge in [-0.05, 0) is 12.5 Å². The predicted octanol–water partition coefficient (Wildman–Crippen LogP) is -0.699. The second-order valence-electron chi connectivity index (χ2n) is 2.40. The molecule has 0 fully saturated rings. The lowest BCUT2D eigenvalue weighted by molar-refractivity contribution is -0.255. The number of hydrogen-bond donors (Lipinski definition) is 1. The fourth-order valence-electron chi connectivity index (χ4n) is 0.909. The van der Waals surface area contributed by atoms with E-state index >= 15 is 0 Å². The van der Waals surface area contributed by atoms with Crippen molar-refractivity contribution in [2.24, 2.45) is 0 Å². The van der Waals surface area contributed by atoms with Crippen molar-refractivity contribution in [1.29, 1.82) is 0 Å². The largest absolute Gasteiger partial charge is 0.545 e. The molecule has 0 saturated carbocycles. The highest BCUT2D eigenvalue weighted by Crippen LogP contribution is 1.97. The fraction of sp³-hybridized carbons (Fsp3) is 0.250. The molecule has 1 rings (SSSR count). The Morgan fingerprint density at radius 3 is 2.75 bits per heavy atom. The lowest BCUT2D eigenvalue weighted by atomic mass is 10.2. The zero-order chi connectivity index (χ0) is 9.14. The molecule has 1 heterocycles. The molecule has 0 aliphatic heterocycles. The van der Waals surface area contributed by atoms with Gasteiger partial charge in [-0.15, -0.1) is 0 Å². The van der Waals surface area contributed by atoms with Crippen LogP contribution in [0.3, 0.4) is 0 Å². The fourth-order valence-corrected chi connectivity index (χ4v) is 0.909. The molecule has 4 heteroatoms. The highest BCUT2D eigenvalue weighted by molar-refractivity contribution is 5.85. The average Bonchev–Trinajstić information content (AvgIpc) is 2.03. The van der Waals surface area contributed by atoms with Crippen molar-refractivity contribution in [3.63, 3.8) is 0 Å². The molecular formula is C8H8NO3-. The number of aryl methyl sites for hydroxylation is 1. The van der Waals surface area contributed by atoms with Crippen LogP contribution in [-0.2, 0) is 6.42 Å². The van der Waals surface area contributed by atoms with Crippen LogP contribution in [0.4, 0.5) is 0 Å². The molecule has 0 unspecified atom stereocenters. The SMILES string of the molecule is CCc1cc(C(=O)[O-])cc(=O)[nH]1. The molecular weight excluding hydrogens is 158 g/mol. The second kappa shape index (κ2) is 3.21. The first-order chi connectivity index (χ1) is 5.63. The summed E-state index contributed by atoms with van der Waals surface area (Å²) in [7, 11) is 0. The number of pyridine rings is 1. The van der Waals surface area contributed by atoms with Crippen LogP contribution in [-0.4, -0.2) is 11.0 Å². The van der Waals surface area contributed by atoms with E-state index in [1.54, 1.807) is 0 Å². The molecule has 0 atom stereocenters. The van der Waals surface area contributed by atoms with Crippen molar-refractivity contribution in [1.82, 2.24) is 4.98 Å². The van der Waals surface area contributed by atoms with Crippen molar-refractivity contribution in [2.45, 2.75) is 13.3 Å². The van der Waals surface area contributed by atoms with E-state index in [9.17, 15) is 14.7 Å². The van der Waals surface area contributed by atoms with Crippen LogP contribution in [0.25, 0.3) is 0 Å². The molecule has 0 aromatic carbocycles. The van der Waals surface area contributed by atoms with E-state index in [1.165, 1.54) is 6.07 Å². The molecule has 0 bridgehead atoms. The van der Waals surface area contributed by atoms with Crippen molar-refractivity contribution in [2.75, 3.05) is 0 Å². The maximum absolute atomic E-state index is 10.8. The van der Waals surface area contributed by atoms with Gasteiger partial charge in [0, 0.05) is 17.3 Å². The molecule has 0 saturated heterocycles. The number of nitrogens with one attached hydrogen (secondary N) is 1. The number of rotatable bonds is 2. The van der Waals surface area contributed by atoms with Gasteiger partial charge in [0.2, 0.25) is 5.56 Å². The number of aromatic amines is 1. The summed E-state index contributed by atoms with van der Waals surface area (Å²) in [6.07, 6.45) is 0.594. The Hall–Kier alpha value is -1.58. The number of carbonyl (C=O) groups excluding carboxylic acids is 1. The van der Waals surface area contributed by atoms with E-state index in [2.05, 4.69) is 4.98 Å². The first kappa shape index (κ1) is 8.52. The minimum atomic E-state index is -1.32. The van der Waals surface area contributed by atoms with Gasteiger partial charge in [0.05, 0.1) is 5.97 Å². The van der Waals surface area contributed by atoms with Gasteiger partial charge in [-0.3, -0.25) is 4.79 Å². The normalized spacial score (nSPS) is 9.75. The predicted molar refractivity (Wildman–Crippen MR) is 40.8 cm³/mol. The van der Waals surface area contributed by atoms with Gasteiger partial charge < -0.3 is 14.9 Å². The third kappa shape index (κ3) is 1.72. The first-order valence-electron chi connectivity index (χ1n) is 3.58. The number of aromatic carboxylic acids is 1. The zero-order valence-corrected chi connectivity index (χ0v) is 6.59. The summed E-state index contributed by atoms with van der Waals surface area (Å²) in [5.41, 5.74) is 0.117. The lowest BCUT2D eigenvalue weighted by Crippen LogP contribution is -2.24. The van der Waals surface area contributed by atoms with Crippen LogP contribution in [0.5, 0.6) is 0 Å². The number of carboxylic acid groups (broad SMARTS) is 1. The molecule has 0 amide bonds. The average molecular weight is 166 g/mol. The van der Waals surface area contributed by atoms with Crippen LogP contribution >= 0.6 is 0 Å². The van der Waals surface area contributed by atoms with Gasteiger partial charge in [0.25, 0.3) is 0 Å². The first-order valence-corrected chi connectivity index (χ1v) is 3.58. The minimum Gasteiger partial charge on any atom is -0.545 e. The number of H-pyrrole nitrogens is 1. The van der Waals surface area contributed by atoms with E-state index in [4.69, 9.17) is 0 Å². The van der Waals surface area contributed by atoms with Gasteiger partial charge >= 0.3 is 0 Å². The van der Waals surface area contributed by atoms with Crippen molar-refractivity contribution >= 4 is 5.97 Å². The zero-order valence-electron chi connectivity index (χ0n) is 6.59. The Kier molecular flexibility index (Phi) is 2.28. The molecule has 1 N–H and O–H groups in total. The van der Waals surface area contributed by atoms with E-state index in [-0.39, 0.29) is 5.56 Å². The van der Waals surface area contributed by atoms with Crippen LogP contribution in [0.15, 0.2) is 16.9 Å². The standard InChI is InChI=1S/C8H9NO3/c1-2-6-3-5(8(11)12)4-7(10)9-6/h3-4H,2H2,1H3,(H,9,10)(H,11,12)/p-1. The van der Waals surface area contributed by atoms with Crippen LogP contribution in [0.1, 0.15) is 23.0 Å². The Bertz CT molecular complexity index is 354. The van der Waals surface area contributed by atoms with E-state index in [1.807, 2.05) is 6.92 Å². The maximum atomic E-state index is 10.8. The molecule has 0 aliphatic rings. The quantitative estimate of drug-likeness (QED) is 0.631. The van der Waals surface area contributed by atoms with Crippen molar-refractivity contribution in [3.8, 4) is 0 Å². The van der Waals surface area contributed by atoms with Gasteiger partial charge in [-0.25, -0.2) is 0 Å². The molecule has 64 valence electrons. The summed E-state index contributed by atoms with van der Waals surface area (Å²) in [5, 5.41) is 10.4. The van der Waals surface area contributed by atoms with Gasteiger partial charge in [0.15, 0.2) is 0 Å². The maximum Gasteiger partial charge on any atom is 0.248 e. The van der Waals surface area contributed by atoms with Crippen LogP contribution < -0.4 is 10.7 Å². The molecule has 12 heavy (non-hydrogen) atoms. The Labute approximate surface area is 68.9 Å². The number of aromatic nitrogens is 1. The lowest BCUT2D eigenvalue weighted by Gasteiger charge is -2.02. The van der Waals surface area contributed by atoms with Crippen LogP contribution in [0.2, 0.25) is 0 Å². The smallest absolute Gasteiger partial charge is 0.248 e. The summed E-state index contributed by atoms with van der Waals surface area (Å²) in [4.78, 5) is 23.7. The van der Waals surface area contributed by atoms with Gasteiger partial charge in [0.1, 0.15) is 0 Å². The summed E-state index contributed by atoms with van der Waals surface area (Å²) < 4.78 is 0. The van der Waals surface area contributed by atoms with Crippen molar-refractivity contribution in [3.05, 3.63) is 33.7 Å². The van der Waals surface area contributed by atoms with Crippen molar-refractivity contribution < 1.29 is 9.90 Å². The molecule has 0 spiro atoms. The molecule has 1 aromatic heterocycles. The van der Waals surface area contributed by atoms with Gasteiger partial charge in [-0.1, -0.05) is 6.92 Å². The number of carboxylic acids is 1. The summed E-state index contributed by atoms with van der Waals surface area (Å²) >= 11 is 0. The van der Waals surface area contributed by atoms with Gasteiger partial charge in [-0.2, -0.15) is 0 Å². The monoisotopic (exact) mass is 166 g/mol. The molecule has 4 nitrogen and oxygen atoms in total. The molecule has 0 aliphatic carbocycles. The Morgan fingerprint density at radius 1 is 1.58 bits per heavy atom. The highest BCUT2D eigenvalue weighted by atomic mass is 16.4. The van der Waals surface area contributed by atoms with E-state index in [0.29, 0.717) is 12.1 Å².